The molecule has 0 aliphatic heterocycles. The summed E-state index contributed by atoms with van der Waals surface area (Å²) in [4.78, 5) is 32.7. The summed E-state index contributed by atoms with van der Waals surface area (Å²) < 4.78 is 8.04. The number of halogens is 1. The van der Waals surface area contributed by atoms with Gasteiger partial charge in [-0.25, -0.2) is 9.97 Å². The minimum absolute atomic E-state index is 0.00955. The highest BCUT2D eigenvalue weighted by Crippen LogP contribution is 2.18. The Hall–Kier alpha value is -2.94. The van der Waals surface area contributed by atoms with Crippen molar-refractivity contribution in [2.45, 2.75) is 38.6 Å². The number of nitrogens with zero attached hydrogens (tertiary/aromatic N) is 3. The number of ether oxygens (including phenoxy) is 1. The van der Waals surface area contributed by atoms with Gasteiger partial charge in [0.1, 0.15) is 5.56 Å². The number of nitrogens with two attached hydrogens (primary N) is 1. The van der Waals surface area contributed by atoms with Crippen molar-refractivity contribution in [3.05, 3.63) is 58.7 Å². The van der Waals surface area contributed by atoms with Crippen molar-refractivity contribution in [2.75, 3.05) is 6.61 Å². The summed E-state index contributed by atoms with van der Waals surface area (Å²) in [6, 6.07) is 8.82. The van der Waals surface area contributed by atoms with Gasteiger partial charge in [0, 0.05) is 18.4 Å². The molecule has 0 bridgehead atoms. The predicted molar refractivity (Wildman–Crippen MR) is 117 cm³/mol. The summed E-state index contributed by atoms with van der Waals surface area (Å²) in [5.41, 5.74) is 6.73. The van der Waals surface area contributed by atoms with Crippen LogP contribution in [0.15, 0.2) is 47.5 Å². The summed E-state index contributed by atoms with van der Waals surface area (Å²) in [6.07, 6.45) is 6.59. The molecule has 158 valence electrons. The second-order valence-corrected chi connectivity index (χ2v) is 7.56. The lowest BCUT2D eigenvalue weighted by Crippen LogP contribution is -2.35. The summed E-state index contributed by atoms with van der Waals surface area (Å²) in [5, 5.41) is 3.09. The van der Waals surface area contributed by atoms with Gasteiger partial charge in [0.15, 0.2) is 10.4 Å². The first kappa shape index (κ1) is 21.8. The first-order valence-electron chi connectivity index (χ1n) is 9.82. The number of rotatable bonds is 10. The third kappa shape index (κ3) is 5.15. The Bertz CT molecular complexity index is 1040. The topological polar surface area (TPSA) is 112 Å². The summed E-state index contributed by atoms with van der Waals surface area (Å²) in [6.45, 7) is 2.44. The Morgan fingerprint density at radius 2 is 2.10 bits per heavy atom. The van der Waals surface area contributed by atoms with Crippen molar-refractivity contribution >= 4 is 33.3 Å². The normalized spacial score (nSPS) is 11.9. The molecule has 0 fully saturated rings. The maximum absolute atomic E-state index is 12.8. The molecule has 0 unspecified atom stereocenters. The number of imidazole rings is 1. The van der Waals surface area contributed by atoms with Crippen molar-refractivity contribution < 1.29 is 14.3 Å². The number of nitrogens with one attached hydrogen (secondary N) is 1. The van der Waals surface area contributed by atoms with Gasteiger partial charge in [0.25, 0.3) is 11.8 Å². The minimum Gasteiger partial charge on any atom is -0.477 e. The predicted octanol–water partition coefficient (Wildman–Crippen LogP) is 3.35. The fourth-order valence-corrected chi connectivity index (χ4v) is 3.74. The molecule has 0 saturated carbocycles. The van der Waals surface area contributed by atoms with E-state index in [4.69, 9.17) is 10.5 Å². The largest absolute Gasteiger partial charge is 0.477 e. The van der Waals surface area contributed by atoms with Gasteiger partial charge >= 0.3 is 0 Å². The number of hydrogen-bond donors (Lipinski definition) is 2. The van der Waals surface area contributed by atoms with E-state index in [0.29, 0.717) is 23.5 Å². The molecule has 0 aliphatic rings. The van der Waals surface area contributed by atoms with E-state index in [0.717, 1.165) is 24.8 Å². The standard InChI is InChI=1S/C21H24BrN5O3/c1-2-7-14(8-6-13-30-20-15(18(23)28)9-5-11-24-20)25-19(29)17-16-10-3-4-12-27(16)21(22)26-17/h3-5,9-12,14H,2,6-8,13H2,1H3,(H2,23,28)(H,25,29)/t14-/m0/s1. The van der Waals surface area contributed by atoms with Crippen molar-refractivity contribution in [3.8, 4) is 5.88 Å². The zero-order valence-corrected chi connectivity index (χ0v) is 18.3. The Morgan fingerprint density at radius 1 is 1.27 bits per heavy atom. The molecular weight excluding hydrogens is 450 g/mol. The molecule has 0 radical (unpaired) electrons. The Morgan fingerprint density at radius 3 is 2.87 bits per heavy atom. The van der Waals surface area contributed by atoms with E-state index in [9.17, 15) is 9.59 Å². The van der Waals surface area contributed by atoms with Crippen LogP contribution in [-0.4, -0.2) is 38.8 Å². The van der Waals surface area contributed by atoms with E-state index in [1.807, 2.05) is 28.8 Å². The molecule has 9 heteroatoms. The van der Waals surface area contributed by atoms with E-state index >= 15 is 0 Å². The average molecular weight is 474 g/mol. The monoisotopic (exact) mass is 473 g/mol. The first-order chi connectivity index (χ1) is 14.5. The van der Waals surface area contributed by atoms with Crippen LogP contribution in [0.5, 0.6) is 5.88 Å². The van der Waals surface area contributed by atoms with Gasteiger partial charge in [-0.3, -0.25) is 14.0 Å². The van der Waals surface area contributed by atoms with Crippen molar-refractivity contribution in [1.29, 1.82) is 0 Å². The lowest BCUT2D eigenvalue weighted by Gasteiger charge is -2.18. The smallest absolute Gasteiger partial charge is 0.272 e. The molecule has 30 heavy (non-hydrogen) atoms. The number of aromatic nitrogens is 3. The van der Waals surface area contributed by atoms with E-state index in [1.165, 1.54) is 0 Å². The molecule has 1 atom stereocenters. The lowest BCUT2D eigenvalue weighted by atomic mass is 10.1. The van der Waals surface area contributed by atoms with E-state index in [2.05, 4.69) is 38.1 Å². The van der Waals surface area contributed by atoms with Crippen molar-refractivity contribution in [2.24, 2.45) is 5.73 Å². The van der Waals surface area contributed by atoms with Crippen LogP contribution in [0.4, 0.5) is 0 Å². The molecule has 0 aliphatic carbocycles. The molecule has 3 aromatic heterocycles. The Balaban J connectivity index is 1.58. The highest BCUT2D eigenvalue weighted by atomic mass is 79.9. The number of primary amides is 1. The SMILES string of the molecule is CCC[C@@H](CCCOc1ncccc1C(N)=O)NC(=O)c1nc(Br)n2ccccc12. The molecule has 0 aromatic carbocycles. The van der Waals surface area contributed by atoms with Gasteiger partial charge in [-0.2, -0.15) is 0 Å². The Kier molecular flexibility index (Phi) is 7.40. The maximum atomic E-state index is 12.8. The molecule has 2 amide bonds. The van der Waals surface area contributed by atoms with E-state index in [1.54, 1.807) is 18.3 Å². The van der Waals surface area contributed by atoms with Crippen LogP contribution in [-0.2, 0) is 0 Å². The van der Waals surface area contributed by atoms with Crippen LogP contribution in [0, 0.1) is 0 Å². The summed E-state index contributed by atoms with van der Waals surface area (Å²) in [5.74, 6) is -0.549. The zero-order valence-electron chi connectivity index (χ0n) is 16.7. The van der Waals surface area contributed by atoms with Crippen molar-refractivity contribution in [3.63, 3.8) is 0 Å². The molecule has 3 N–H and O–H groups in total. The number of amides is 2. The van der Waals surface area contributed by atoms with Gasteiger partial charge in [-0.15, -0.1) is 0 Å². The third-order valence-corrected chi connectivity index (χ3v) is 5.22. The van der Waals surface area contributed by atoms with Gasteiger partial charge < -0.3 is 15.8 Å². The molecule has 0 saturated heterocycles. The molecule has 3 rings (SSSR count). The number of carbonyl (C=O) groups excluding carboxylic acids is 2. The van der Waals surface area contributed by atoms with Crippen LogP contribution >= 0.6 is 15.9 Å². The average Bonchev–Trinajstić information content (AvgIpc) is 3.08. The van der Waals surface area contributed by atoms with E-state index in [-0.39, 0.29) is 23.4 Å². The minimum atomic E-state index is -0.576. The van der Waals surface area contributed by atoms with Crippen LogP contribution in [0.3, 0.4) is 0 Å². The number of fused-ring (bicyclic) bond motifs is 1. The highest BCUT2D eigenvalue weighted by molar-refractivity contribution is 9.10. The number of carbonyl (C=O) groups is 2. The maximum Gasteiger partial charge on any atom is 0.272 e. The molecule has 3 heterocycles. The number of pyridine rings is 2. The third-order valence-electron chi connectivity index (χ3n) is 4.67. The molecular formula is C21H24BrN5O3. The second-order valence-electron chi connectivity index (χ2n) is 6.86. The van der Waals surface area contributed by atoms with Crippen LogP contribution < -0.4 is 15.8 Å². The fraction of sp³-hybridized carbons (Fsp3) is 0.333. The molecule has 0 spiro atoms. The first-order valence-corrected chi connectivity index (χ1v) is 10.6. The van der Waals surface area contributed by atoms with Crippen LogP contribution in [0.25, 0.3) is 5.52 Å². The lowest BCUT2D eigenvalue weighted by molar-refractivity contribution is 0.0926. The fourth-order valence-electron chi connectivity index (χ4n) is 3.25. The summed E-state index contributed by atoms with van der Waals surface area (Å²) in [7, 11) is 0. The van der Waals surface area contributed by atoms with Gasteiger partial charge in [0.2, 0.25) is 5.88 Å². The van der Waals surface area contributed by atoms with Crippen LogP contribution in [0.2, 0.25) is 0 Å². The second kappa shape index (κ2) is 10.2. The van der Waals surface area contributed by atoms with Gasteiger partial charge in [-0.05, 0) is 59.5 Å². The highest BCUT2D eigenvalue weighted by Gasteiger charge is 2.19. The van der Waals surface area contributed by atoms with E-state index < -0.39 is 5.91 Å². The molecule has 3 aromatic rings. The molecule has 8 nitrogen and oxygen atoms in total. The quantitative estimate of drug-likeness (QED) is 0.438. The van der Waals surface area contributed by atoms with Gasteiger partial charge in [-0.1, -0.05) is 19.4 Å². The van der Waals surface area contributed by atoms with Crippen molar-refractivity contribution in [1.82, 2.24) is 19.7 Å². The van der Waals surface area contributed by atoms with Crippen LogP contribution in [0.1, 0.15) is 53.5 Å². The number of hydrogen-bond acceptors (Lipinski definition) is 5. The summed E-state index contributed by atoms with van der Waals surface area (Å²) >= 11 is 3.39. The van der Waals surface area contributed by atoms with Gasteiger partial charge in [0.05, 0.1) is 12.1 Å². The Labute approximate surface area is 183 Å². The zero-order chi connectivity index (χ0) is 21.5.